The quantitative estimate of drug-likeness (QED) is 0.306. The maximum Gasteiger partial charge on any atom is 0.253 e. The molecule has 6 nitrogen and oxygen atoms in total. The maximum atomic E-state index is 13.6. The number of rotatable bonds is 6. The highest BCUT2D eigenvalue weighted by atomic mass is 35.5. The number of nitrogens with zero attached hydrogens (tertiary/aromatic N) is 3. The highest BCUT2D eigenvalue weighted by Gasteiger charge is 2.40. The number of amides is 2. The number of hydrogen-bond donors (Lipinski definition) is 1. The van der Waals surface area contributed by atoms with Crippen LogP contribution in [0.4, 0.5) is 4.39 Å². The zero-order valence-electron chi connectivity index (χ0n) is 21.5. The Bertz CT molecular complexity index is 1500. The number of benzene rings is 3. The number of likely N-dealkylation sites (N-methyl/N-ethyl adjacent to an activating group) is 1. The average Bonchev–Trinajstić information content (AvgIpc) is 3.58. The van der Waals surface area contributed by atoms with Gasteiger partial charge in [-0.15, -0.1) is 0 Å². The van der Waals surface area contributed by atoms with E-state index < -0.39 is 0 Å². The van der Waals surface area contributed by atoms with E-state index in [2.05, 4.69) is 10.2 Å². The Hall–Kier alpha value is -3.68. The molecule has 1 aromatic heterocycles. The number of aryl methyl sites for hydroxylation is 1. The predicted octanol–water partition coefficient (Wildman–Crippen LogP) is 6.14. The van der Waals surface area contributed by atoms with Gasteiger partial charge >= 0.3 is 0 Å². The Morgan fingerprint density at radius 3 is 2.36 bits per heavy atom. The standard InChI is InChI=1S/C30H27Cl2FN4O2/c1-18-13-27(35-34-18)20-5-7-21(8-6-20)30(39)37-16-24(22-9-12-25(31)26(32)15-22)28(17-37)36(2)29(38)14-19-3-10-23(33)11-4-19/h3-13,15,24,28H,14,16-17H2,1-2H3,(H,34,35). The molecule has 2 amide bonds. The van der Waals surface area contributed by atoms with Gasteiger partial charge in [-0.25, -0.2) is 4.39 Å². The molecule has 1 aliphatic heterocycles. The monoisotopic (exact) mass is 564 g/mol. The first-order valence-corrected chi connectivity index (χ1v) is 13.3. The van der Waals surface area contributed by atoms with E-state index >= 15 is 0 Å². The third-order valence-electron chi connectivity index (χ3n) is 7.24. The van der Waals surface area contributed by atoms with Crippen molar-refractivity contribution in [2.75, 3.05) is 20.1 Å². The van der Waals surface area contributed by atoms with Crippen LogP contribution in [0, 0.1) is 12.7 Å². The number of nitrogens with one attached hydrogen (secondary N) is 1. The Morgan fingerprint density at radius 2 is 1.72 bits per heavy atom. The SMILES string of the molecule is Cc1cc(-c2ccc(C(=O)N3CC(c4ccc(Cl)c(Cl)c4)C(N(C)C(=O)Cc4ccc(F)cc4)C3)cc2)n[nH]1. The first-order valence-electron chi connectivity index (χ1n) is 12.6. The van der Waals surface area contributed by atoms with Crippen LogP contribution >= 0.6 is 23.2 Å². The van der Waals surface area contributed by atoms with E-state index in [-0.39, 0.29) is 36.0 Å². The van der Waals surface area contributed by atoms with Gasteiger partial charge in [-0.05, 0) is 60.5 Å². The zero-order valence-corrected chi connectivity index (χ0v) is 23.0. The van der Waals surface area contributed by atoms with Gasteiger partial charge in [0.05, 0.1) is 28.2 Å². The van der Waals surface area contributed by atoms with Gasteiger partial charge in [-0.3, -0.25) is 14.7 Å². The number of aromatic nitrogens is 2. The second kappa shape index (κ2) is 11.2. The molecule has 9 heteroatoms. The summed E-state index contributed by atoms with van der Waals surface area (Å²) in [5.41, 5.74) is 4.86. The summed E-state index contributed by atoms with van der Waals surface area (Å²) in [5.74, 6) is -0.759. The van der Waals surface area contributed by atoms with Crippen molar-refractivity contribution < 1.29 is 14.0 Å². The van der Waals surface area contributed by atoms with Crippen LogP contribution in [0.25, 0.3) is 11.3 Å². The largest absolute Gasteiger partial charge is 0.340 e. The van der Waals surface area contributed by atoms with Crippen LogP contribution in [0.3, 0.4) is 0 Å². The predicted molar refractivity (Wildman–Crippen MR) is 151 cm³/mol. The Balaban J connectivity index is 1.38. The van der Waals surface area contributed by atoms with E-state index in [1.165, 1.54) is 12.1 Å². The smallest absolute Gasteiger partial charge is 0.253 e. The summed E-state index contributed by atoms with van der Waals surface area (Å²) in [5, 5.41) is 8.07. The molecule has 0 bridgehead atoms. The highest BCUT2D eigenvalue weighted by Crippen LogP contribution is 2.35. The molecule has 1 fully saturated rings. The van der Waals surface area contributed by atoms with Gasteiger partial charge in [-0.2, -0.15) is 5.10 Å². The fraction of sp³-hybridized carbons (Fsp3) is 0.233. The summed E-state index contributed by atoms with van der Waals surface area (Å²) in [6.07, 6.45) is 0.128. The molecular weight excluding hydrogens is 538 g/mol. The topological polar surface area (TPSA) is 69.3 Å². The normalized spacial score (nSPS) is 16.9. The molecular formula is C30H27Cl2FN4O2. The van der Waals surface area contributed by atoms with Gasteiger partial charge in [0.2, 0.25) is 5.91 Å². The van der Waals surface area contributed by atoms with Gasteiger partial charge in [0.15, 0.2) is 0 Å². The van der Waals surface area contributed by atoms with Crippen LogP contribution < -0.4 is 0 Å². The van der Waals surface area contributed by atoms with Crippen LogP contribution in [0.5, 0.6) is 0 Å². The lowest BCUT2D eigenvalue weighted by atomic mass is 9.93. The van der Waals surface area contributed by atoms with Crippen LogP contribution in [0.1, 0.15) is 33.1 Å². The Kier molecular flexibility index (Phi) is 7.73. The third kappa shape index (κ3) is 5.84. The minimum absolute atomic E-state index is 0.119. The second-order valence-corrected chi connectivity index (χ2v) is 10.7. The van der Waals surface area contributed by atoms with E-state index in [1.54, 1.807) is 53.2 Å². The van der Waals surface area contributed by atoms with E-state index in [0.717, 1.165) is 28.1 Å². The molecule has 39 heavy (non-hydrogen) atoms. The number of hydrogen-bond acceptors (Lipinski definition) is 3. The fourth-order valence-corrected chi connectivity index (χ4v) is 5.34. The molecule has 1 aliphatic rings. The first kappa shape index (κ1) is 26.9. The minimum atomic E-state index is -0.350. The van der Waals surface area contributed by atoms with Crippen LogP contribution in [-0.2, 0) is 11.2 Å². The van der Waals surface area contributed by atoms with Crippen molar-refractivity contribution in [2.45, 2.75) is 25.3 Å². The van der Waals surface area contributed by atoms with Gasteiger partial charge in [0.25, 0.3) is 5.91 Å². The number of halogens is 3. The van der Waals surface area contributed by atoms with Gasteiger partial charge in [-0.1, -0.05) is 53.5 Å². The molecule has 0 aliphatic carbocycles. The number of carbonyl (C=O) groups is 2. The summed E-state index contributed by atoms with van der Waals surface area (Å²) in [6.45, 7) is 2.70. The van der Waals surface area contributed by atoms with Crippen LogP contribution in [0.2, 0.25) is 10.0 Å². The second-order valence-electron chi connectivity index (χ2n) is 9.88. The Labute approximate surface area is 236 Å². The zero-order chi connectivity index (χ0) is 27.7. The van der Waals surface area contributed by atoms with E-state index in [9.17, 15) is 14.0 Å². The van der Waals surface area contributed by atoms with Crippen molar-refractivity contribution in [3.8, 4) is 11.3 Å². The summed E-state index contributed by atoms with van der Waals surface area (Å²) in [7, 11) is 1.75. The summed E-state index contributed by atoms with van der Waals surface area (Å²) in [4.78, 5) is 30.3. The lowest BCUT2D eigenvalue weighted by Gasteiger charge is -2.29. The maximum absolute atomic E-state index is 13.6. The average molecular weight is 565 g/mol. The third-order valence-corrected chi connectivity index (χ3v) is 7.98. The van der Waals surface area contributed by atoms with Crippen molar-refractivity contribution >= 4 is 35.0 Å². The minimum Gasteiger partial charge on any atom is -0.340 e. The number of aromatic amines is 1. The molecule has 5 rings (SSSR count). The first-order chi connectivity index (χ1) is 18.7. The number of carbonyl (C=O) groups excluding carboxylic acids is 2. The number of H-pyrrole nitrogens is 1. The molecule has 2 unspecified atom stereocenters. The molecule has 1 N–H and O–H groups in total. The lowest BCUT2D eigenvalue weighted by Crippen LogP contribution is -2.42. The van der Waals surface area contributed by atoms with Crippen molar-refractivity contribution in [1.29, 1.82) is 0 Å². The molecule has 200 valence electrons. The molecule has 1 saturated heterocycles. The summed E-state index contributed by atoms with van der Waals surface area (Å²) >= 11 is 12.5. The van der Waals surface area contributed by atoms with Crippen LogP contribution in [0.15, 0.2) is 72.8 Å². The van der Waals surface area contributed by atoms with Crippen molar-refractivity contribution in [3.05, 3.63) is 111 Å². The van der Waals surface area contributed by atoms with Crippen molar-refractivity contribution in [1.82, 2.24) is 20.0 Å². The van der Waals surface area contributed by atoms with Crippen LogP contribution in [-0.4, -0.2) is 58.0 Å². The molecule has 0 spiro atoms. The van der Waals surface area contributed by atoms with Crippen molar-refractivity contribution in [2.24, 2.45) is 0 Å². The molecule has 0 saturated carbocycles. The fourth-order valence-electron chi connectivity index (χ4n) is 5.03. The van der Waals surface area contributed by atoms with Gasteiger partial charge in [0.1, 0.15) is 5.82 Å². The lowest BCUT2D eigenvalue weighted by molar-refractivity contribution is -0.131. The molecule has 4 aromatic rings. The summed E-state index contributed by atoms with van der Waals surface area (Å²) in [6, 6.07) is 20.3. The molecule has 0 radical (unpaired) electrons. The van der Waals surface area contributed by atoms with E-state index in [0.29, 0.717) is 28.7 Å². The van der Waals surface area contributed by atoms with E-state index in [4.69, 9.17) is 23.2 Å². The van der Waals surface area contributed by atoms with Crippen molar-refractivity contribution in [3.63, 3.8) is 0 Å². The molecule has 2 heterocycles. The molecule has 3 aromatic carbocycles. The van der Waals surface area contributed by atoms with E-state index in [1.807, 2.05) is 31.2 Å². The highest BCUT2D eigenvalue weighted by molar-refractivity contribution is 6.42. The summed E-state index contributed by atoms with van der Waals surface area (Å²) < 4.78 is 13.3. The Morgan fingerprint density at radius 1 is 1.00 bits per heavy atom. The number of likely N-dealkylation sites (tertiary alicyclic amines) is 1. The van der Waals surface area contributed by atoms with Gasteiger partial charge < -0.3 is 9.80 Å². The van der Waals surface area contributed by atoms with Gasteiger partial charge in [0, 0.05) is 42.9 Å². The molecule has 2 atom stereocenters.